The first-order valence-corrected chi connectivity index (χ1v) is 8.99. The third-order valence-electron chi connectivity index (χ3n) is 4.14. The second-order valence-corrected chi connectivity index (χ2v) is 6.61. The van der Waals surface area contributed by atoms with Crippen LogP contribution < -0.4 is 15.5 Å². The number of halogens is 3. The number of hydrogen-bond acceptors (Lipinski definition) is 5. The molecule has 1 aliphatic rings. The van der Waals surface area contributed by atoms with E-state index >= 15 is 0 Å². The first-order valence-electron chi connectivity index (χ1n) is 8.58. The van der Waals surface area contributed by atoms with Gasteiger partial charge in [-0.2, -0.15) is 18.2 Å². The van der Waals surface area contributed by atoms with Crippen LogP contribution in [0.3, 0.4) is 0 Å². The predicted molar refractivity (Wildman–Crippen MR) is 98.4 cm³/mol. The number of anilines is 2. The zero-order valence-electron chi connectivity index (χ0n) is 14.9. The van der Waals surface area contributed by atoms with Gasteiger partial charge in [0.2, 0.25) is 5.95 Å². The van der Waals surface area contributed by atoms with Gasteiger partial charge in [0.1, 0.15) is 5.82 Å². The third kappa shape index (κ3) is 5.94. The van der Waals surface area contributed by atoms with Crippen molar-refractivity contribution in [1.82, 2.24) is 15.3 Å². The van der Waals surface area contributed by atoms with Gasteiger partial charge in [-0.25, -0.2) is 4.98 Å². The van der Waals surface area contributed by atoms with Crippen molar-refractivity contribution in [1.29, 1.82) is 0 Å². The van der Waals surface area contributed by atoms with Gasteiger partial charge in [0, 0.05) is 38.9 Å². The van der Waals surface area contributed by atoms with Crippen LogP contribution in [0, 0.1) is 0 Å². The summed E-state index contributed by atoms with van der Waals surface area (Å²) in [4.78, 5) is 9.73. The SMILES string of the molecule is COCCCNC(=S)Nc1nc(N2CCCC[C@H]2C)cc(C(F)(F)F)n1. The van der Waals surface area contributed by atoms with Crippen LogP contribution in [0.1, 0.15) is 38.3 Å². The lowest BCUT2D eigenvalue weighted by Crippen LogP contribution is -2.38. The molecule has 1 aromatic heterocycles. The Morgan fingerprint density at radius 2 is 2.15 bits per heavy atom. The highest BCUT2D eigenvalue weighted by atomic mass is 32.1. The Labute approximate surface area is 156 Å². The van der Waals surface area contributed by atoms with E-state index in [0.29, 0.717) is 19.7 Å². The van der Waals surface area contributed by atoms with Crippen molar-refractivity contribution >= 4 is 29.1 Å². The minimum Gasteiger partial charge on any atom is -0.385 e. The van der Waals surface area contributed by atoms with Crippen LogP contribution in [0.4, 0.5) is 24.9 Å². The molecule has 0 radical (unpaired) electrons. The summed E-state index contributed by atoms with van der Waals surface area (Å²) < 4.78 is 44.6. The Bertz CT molecular complexity index is 614. The minimum absolute atomic E-state index is 0.131. The van der Waals surface area contributed by atoms with E-state index in [1.165, 1.54) is 0 Å². The summed E-state index contributed by atoms with van der Waals surface area (Å²) >= 11 is 5.11. The van der Waals surface area contributed by atoms with Gasteiger partial charge < -0.3 is 20.3 Å². The summed E-state index contributed by atoms with van der Waals surface area (Å²) in [5.41, 5.74) is -0.982. The van der Waals surface area contributed by atoms with E-state index in [-0.39, 0.29) is 22.9 Å². The van der Waals surface area contributed by atoms with Gasteiger partial charge in [-0.05, 0) is 44.8 Å². The Morgan fingerprint density at radius 1 is 1.38 bits per heavy atom. The lowest BCUT2D eigenvalue weighted by Gasteiger charge is -2.34. The molecule has 0 bridgehead atoms. The number of aromatic nitrogens is 2. The molecule has 0 aromatic carbocycles. The number of methoxy groups -OCH3 is 1. The number of ether oxygens (including phenoxy) is 1. The number of hydrogen-bond donors (Lipinski definition) is 2. The van der Waals surface area contributed by atoms with E-state index in [9.17, 15) is 13.2 Å². The topological polar surface area (TPSA) is 62.3 Å². The molecule has 0 aliphatic carbocycles. The van der Waals surface area contributed by atoms with Gasteiger partial charge in [0.05, 0.1) is 0 Å². The molecule has 1 atom stereocenters. The first kappa shape index (κ1) is 20.6. The zero-order valence-corrected chi connectivity index (χ0v) is 15.7. The van der Waals surface area contributed by atoms with Crippen molar-refractivity contribution in [2.45, 2.75) is 44.8 Å². The van der Waals surface area contributed by atoms with Crippen LogP contribution in [0.5, 0.6) is 0 Å². The van der Waals surface area contributed by atoms with Gasteiger partial charge in [-0.1, -0.05) is 0 Å². The Hall–Kier alpha value is -1.68. The lowest BCUT2D eigenvalue weighted by molar-refractivity contribution is -0.141. The fourth-order valence-corrected chi connectivity index (χ4v) is 2.98. The minimum atomic E-state index is -4.55. The second kappa shape index (κ2) is 9.31. The van der Waals surface area contributed by atoms with Crippen molar-refractivity contribution in [2.24, 2.45) is 0 Å². The molecule has 1 aromatic rings. The molecule has 2 N–H and O–H groups in total. The zero-order chi connectivity index (χ0) is 19.2. The van der Waals surface area contributed by atoms with Crippen molar-refractivity contribution in [3.8, 4) is 0 Å². The maximum Gasteiger partial charge on any atom is 0.433 e. The van der Waals surface area contributed by atoms with E-state index in [1.807, 2.05) is 11.8 Å². The molecule has 1 saturated heterocycles. The molecule has 10 heteroatoms. The largest absolute Gasteiger partial charge is 0.433 e. The highest BCUT2D eigenvalue weighted by molar-refractivity contribution is 7.80. The number of rotatable bonds is 6. The average molecular weight is 391 g/mol. The molecule has 0 unspecified atom stereocenters. The molecule has 0 amide bonds. The second-order valence-electron chi connectivity index (χ2n) is 6.20. The number of piperidine rings is 1. The Kier molecular flexibility index (Phi) is 7.39. The molecule has 1 aliphatic heterocycles. The number of thiocarbonyl (C=S) groups is 1. The molecule has 2 heterocycles. The van der Waals surface area contributed by atoms with Crippen molar-refractivity contribution in [3.63, 3.8) is 0 Å². The quantitative estimate of drug-likeness (QED) is 0.570. The molecule has 26 heavy (non-hydrogen) atoms. The number of nitrogens with one attached hydrogen (secondary N) is 2. The third-order valence-corrected chi connectivity index (χ3v) is 4.38. The summed E-state index contributed by atoms with van der Waals surface area (Å²) in [6.45, 7) is 3.76. The van der Waals surface area contributed by atoms with Crippen LogP contribution in [0.25, 0.3) is 0 Å². The van der Waals surface area contributed by atoms with E-state index in [2.05, 4.69) is 20.6 Å². The molecule has 0 saturated carbocycles. The van der Waals surface area contributed by atoms with Gasteiger partial charge in [-0.3, -0.25) is 0 Å². The van der Waals surface area contributed by atoms with Crippen LogP contribution >= 0.6 is 12.2 Å². The fraction of sp³-hybridized carbons (Fsp3) is 0.688. The van der Waals surface area contributed by atoms with E-state index in [1.54, 1.807) is 7.11 Å². The van der Waals surface area contributed by atoms with E-state index < -0.39 is 11.9 Å². The van der Waals surface area contributed by atoms with Gasteiger partial charge in [-0.15, -0.1) is 0 Å². The highest BCUT2D eigenvalue weighted by Gasteiger charge is 2.35. The molecule has 0 spiro atoms. The Balaban J connectivity index is 2.16. The predicted octanol–water partition coefficient (Wildman–Crippen LogP) is 3.20. The number of alkyl halides is 3. The van der Waals surface area contributed by atoms with Crippen LogP contribution in [-0.4, -0.2) is 47.9 Å². The van der Waals surface area contributed by atoms with Crippen molar-refractivity contribution in [3.05, 3.63) is 11.8 Å². The van der Waals surface area contributed by atoms with Crippen LogP contribution in [-0.2, 0) is 10.9 Å². The first-order chi connectivity index (χ1) is 12.3. The number of nitrogens with zero attached hydrogens (tertiary/aromatic N) is 3. The Morgan fingerprint density at radius 3 is 2.81 bits per heavy atom. The van der Waals surface area contributed by atoms with Gasteiger partial charge in [0.15, 0.2) is 10.8 Å². The van der Waals surface area contributed by atoms with Crippen LogP contribution in [0.15, 0.2) is 6.07 Å². The highest BCUT2D eigenvalue weighted by Crippen LogP contribution is 2.32. The smallest absolute Gasteiger partial charge is 0.385 e. The van der Waals surface area contributed by atoms with E-state index in [0.717, 1.165) is 31.7 Å². The molecular weight excluding hydrogens is 367 g/mol. The lowest BCUT2D eigenvalue weighted by atomic mass is 10.0. The monoisotopic (exact) mass is 391 g/mol. The van der Waals surface area contributed by atoms with Gasteiger partial charge in [0.25, 0.3) is 0 Å². The maximum atomic E-state index is 13.2. The van der Waals surface area contributed by atoms with Crippen LogP contribution in [0.2, 0.25) is 0 Å². The summed E-state index contributed by atoms with van der Waals surface area (Å²) in [5, 5.41) is 5.73. The van der Waals surface area contributed by atoms with Gasteiger partial charge >= 0.3 is 6.18 Å². The van der Waals surface area contributed by atoms with E-state index in [4.69, 9.17) is 17.0 Å². The van der Waals surface area contributed by atoms with Crippen molar-refractivity contribution in [2.75, 3.05) is 37.0 Å². The molecular formula is C16H24F3N5OS. The average Bonchev–Trinajstić information content (AvgIpc) is 2.58. The standard InChI is InChI=1S/C16H24F3N5OS/c1-11-6-3-4-8-24(11)13-10-12(16(17,18)19)21-14(22-13)23-15(26)20-7-5-9-25-2/h10-11H,3-9H2,1-2H3,(H2,20,21,22,23,26)/t11-/m1/s1. The molecule has 2 rings (SSSR count). The summed E-state index contributed by atoms with van der Waals surface area (Å²) in [6.07, 6.45) is -0.917. The normalized spacial score (nSPS) is 17.9. The molecule has 1 fully saturated rings. The molecule has 146 valence electrons. The molecule has 6 nitrogen and oxygen atoms in total. The maximum absolute atomic E-state index is 13.2. The summed E-state index contributed by atoms with van der Waals surface area (Å²) in [6, 6.07) is 1.13. The van der Waals surface area contributed by atoms with Crippen molar-refractivity contribution < 1.29 is 17.9 Å². The summed E-state index contributed by atoms with van der Waals surface area (Å²) in [5.74, 6) is 0.112. The fourth-order valence-electron chi connectivity index (χ4n) is 2.79. The summed E-state index contributed by atoms with van der Waals surface area (Å²) in [7, 11) is 1.59.